The number of hydrogen-bond donors (Lipinski definition) is 2. The minimum absolute atomic E-state index is 0.0572. The van der Waals surface area contributed by atoms with E-state index in [0.29, 0.717) is 4.90 Å². The van der Waals surface area contributed by atoms with Gasteiger partial charge in [-0.05, 0) is 18.9 Å². The fourth-order valence-corrected chi connectivity index (χ4v) is 3.36. The average Bonchev–Trinajstić information content (AvgIpc) is 3.02. The Bertz CT molecular complexity index is 942. The second-order valence-electron chi connectivity index (χ2n) is 6.55. The van der Waals surface area contributed by atoms with Crippen molar-refractivity contribution < 1.29 is 27.7 Å². The number of nitrogens with one attached hydrogen (secondary N) is 2. The lowest BCUT2D eigenvalue weighted by Crippen LogP contribution is -2.58. The number of amides is 2. The van der Waals surface area contributed by atoms with Crippen LogP contribution in [0, 0.1) is 10.1 Å². The number of nitrogens with zero attached hydrogens (tertiary/aromatic N) is 3. The number of alkyl halides is 3. The number of halogens is 3. The number of rotatable bonds is 3. The summed E-state index contributed by atoms with van der Waals surface area (Å²) in [6.45, 7) is 0.897. The summed E-state index contributed by atoms with van der Waals surface area (Å²) >= 11 is 0. The van der Waals surface area contributed by atoms with Crippen molar-refractivity contribution in [1.82, 2.24) is 20.4 Å². The highest BCUT2D eigenvalue weighted by Crippen LogP contribution is 2.34. The van der Waals surface area contributed by atoms with Crippen LogP contribution in [0.3, 0.4) is 0 Å². The molecule has 1 aliphatic heterocycles. The molecule has 0 radical (unpaired) electrons. The molecule has 9 nitrogen and oxygen atoms in total. The lowest BCUT2D eigenvalue weighted by molar-refractivity contribution is -0.384. The highest BCUT2D eigenvalue weighted by molar-refractivity contribution is 6.05. The van der Waals surface area contributed by atoms with Gasteiger partial charge >= 0.3 is 6.18 Å². The predicted molar refractivity (Wildman–Crippen MR) is 90.5 cm³/mol. The maximum absolute atomic E-state index is 13.5. The summed E-state index contributed by atoms with van der Waals surface area (Å²) in [7, 11) is 0. The highest BCUT2D eigenvalue weighted by Gasteiger charge is 2.48. The Kier molecular flexibility index (Phi) is 4.96. The number of H-pyrrole nitrogens is 1. The molecular weight excluding hydrogens is 383 g/mol. The number of carbonyl (C=O) groups is 2. The molecule has 1 saturated heterocycles. The van der Waals surface area contributed by atoms with Gasteiger partial charge in [-0.15, -0.1) is 0 Å². The Morgan fingerprint density at radius 1 is 1.36 bits per heavy atom. The van der Waals surface area contributed by atoms with E-state index in [1.54, 1.807) is 0 Å². The van der Waals surface area contributed by atoms with Crippen molar-refractivity contribution in [2.24, 2.45) is 0 Å². The Balaban J connectivity index is 1.99. The summed E-state index contributed by atoms with van der Waals surface area (Å²) in [6, 6.07) is 0.953. The third-order valence-electron chi connectivity index (χ3n) is 4.59. The first-order valence-corrected chi connectivity index (χ1v) is 8.35. The standard InChI is InChI=1S/C16H16F3N5O4/c1-8(25)20-9-2-5-13(16(17,18)19)23(7-9)15(26)14-11-6-10(24(27)28)3-4-12(11)21-22-14/h3-4,6,9,13H,2,5,7H2,1H3,(H,20,25)(H,21,22)/t9-,13+/m1/s1. The van der Waals surface area contributed by atoms with E-state index in [1.165, 1.54) is 19.1 Å². The number of likely N-dealkylation sites (tertiary alicyclic amines) is 1. The molecule has 1 aromatic heterocycles. The van der Waals surface area contributed by atoms with Crippen LogP contribution in [-0.2, 0) is 4.79 Å². The van der Waals surface area contributed by atoms with Gasteiger partial charge in [-0.3, -0.25) is 24.8 Å². The Hall–Kier alpha value is -3.18. The molecule has 0 aliphatic carbocycles. The van der Waals surface area contributed by atoms with Crippen LogP contribution >= 0.6 is 0 Å². The highest BCUT2D eigenvalue weighted by atomic mass is 19.4. The lowest BCUT2D eigenvalue weighted by Gasteiger charge is -2.40. The molecule has 2 atom stereocenters. The van der Waals surface area contributed by atoms with Crippen molar-refractivity contribution in [3.63, 3.8) is 0 Å². The quantitative estimate of drug-likeness (QED) is 0.605. The first-order chi connectivity index (χ1) is 13.1. The van der Waals surface area contributed by atoms with Gasteiger partial charge in [-0.1, -0.05) is 0 Å². The summed E-state index contributed by atoms with van der Waals surface area (Å²) in [4.78, 5) is 35.1. The van der Waals surface area contributed by atoms with Gasteiger partial charge in [0.2, 0.25) is 5.91 Å². The summed E-state index contributed by atoms with van der Waals surface area (Å²) in [6.07, 6.45) is -4.96. The molecule has 2 aromatic rings. The number of nitro benzene ring substituents is 1. The zero-order valence-electron chi connectivity index (χ0n) is 14.6. The fourth-order valence-electron chi connectivity index (χ4n) is 3.36. The van der Waals surface area contributed by atoms with Crippen LogP contribution in [0.4, 0.5) is 18.9 Å². The smallest absolute Gasteiger partial charge is 0.352 e. The minimum Gasteiger partial charge on any atom is -0.352 e. The van der Waals surface area contributed by atoms with Gasteiger partial charge in [-0.2, -0.15) is 18.3 Å². The van der Waals surface area contributed by atoms with Gasteiger partial charge in [0.05, 0.1) is 10.4 Å². The number of aromatic amines is 1. The summed E-state index contributed by atoms with van der Waals surface area (Å²) in [5.41, 5.74) is -0.366. The molecule has 12 heteroatoms. The fraction of sp³-hybridized carbons (Fsp3) is 0.438. The third kappa shape index (κ3) is 3.75. The second kappa shape index (κ2) is 7.09. The Morgan fingerprint density at radius 3 is 2.68 bits per heavy atom. The number of non-ortho nitro benzene ring substituents is 1. The first-order valence-electron chi connectivity index (χ1n) is 8.35. The molecule has 150 valence electrons. The molecule has 3 rings (SSSR count). The van der Waals surface area contributed by atoms with Gasteiger partial charge in [0.1, 0.15) is 6.04 Å². The average molecular weight is 399 g/mol. The van der Waals surface area contributed by atoms with Crippen molar-refractivity contribution in [3.8, 4) is 0 Å². The molecule has 2 amide bonds. The van der Waals surface area contributed by atoms with E-state index >= 15 is 0 Å². The number of benzene rings is 1. The van der Waals surface area contributed by atoms with Crippen LogP contribution in [0.2, 0.25) is 0 Å². The summed E-state index contributed by atoms with van der Waals surface area (Å²) in [5.74, 6) is -1.42. The lowest BCUT2D eigenvalue weighted by atomic mass is 9.96. The Labute approximate surface area is 156 Å². The van der Waals surface area contributed by atoms with Crippen molar-refractivity contribution in [2.45, 2.75) is 38.0 Å². The molecule has 2 heterocycles. The molecular formula is C16H16F3N5O4. The third-order valence-corrected chi connectivity index (χ3v) is 4.59. The Morgan fingerprint density at radius 2 is 2.07 bits per heavy atom. The van der Waals surface area contributed by atoms with Crippen LogP contribution in [0.25, 0.3) is 10.9 Å². The van der Waals surface area contributed by atoms with E-state index in [2.05, 4.69) is 15.5 Å². The largest absolute Gasteiger partial charge is 0.408 e. The van der Waals surface area contributed by atoms with Gasteiger partial charge in [0.25, 0.3) is 11.6 Å². The van der Waals surface area contributed by atoms with Crippen LogP contribution in [-0.4, -0.2) is 56.6 Å². The normalized spacial score (nSPS) is 20.2. The predicted octanol–water partition coefficient (Wildman–Crippen LogP) is 2.14. The molecule has 1 aromatic carbocycles. The topological polar surface area (TPSA) is 121 Å². The van der Waals surface area contributed by atoms with Crippen molar-refractivity contribution in [1.29, 1.82) is 0 Å². The minimum atomic E-state index is -4.66. The van der Waals surface area contributed by atoms with Gasteiger partial charge < -0.3 is 10.2 Å². The zero-order chi connectivity index (χ0) is 20.6. The van der Waals surface area contributed by atoms with Crippen LogP contribution < -0.4 is 5.32 Å². The van der Waals surface area contributed by atoms with Crippen LogP contribution in [0.5, 0.6) is 0 Å². The maximum atomic E-state index is 13.5. The summed E-state index contributed by atoms with van der Waals surface area (Å²) in [5, 5.41) is 19.8. The molecule has 1 fully saturated rings. The summed E-state index contributed by atoms with van der Waals surface area (Å²) < 4.78 is 40.4. The van der Waals surface area contributed by atoms with E-state index in [4.69, 9.17) is 0 Å². The molecule has 0 bridgehead atoms. The molecule has 0 unspecified atom stereocenters. The van der Waals surface area contributed by atoms with E-state index in [-0.39, 0.29) is 41.7 Å². The molecule has 0 saturated carbocycles. The van der Waals surface area contributed by atoms with Crippen molar-refractivity contribution in [3.05, 3.63) is 34.0 Å². The number of hydrogen-bond acceptors (Lipinski definition) is 5. The van der Waals surface area contributed by atoms with E-state index < -0.39 is 35.0 Å². The molecule has 28 heavy (non-hydrogen) atoms. The van der Waals surface area contributed by atoms with E-state index in [0.717, 1.165) is 6.07 Å². The maximum Gasteiger partial charge on any atom is 0.408 e. The number of fused-ring (bicyclic) bond motifs is 1. The van der Waals surface area contributed by atoms with Gasteiger partial charge in [-0.25, -0.2) is 0 Å². The van der Waals surface area contributed by atoms with Crippen molar-refractivity contribution in [2.75, 3.05) is 6.54 Å². The molecule has 1 aliphatic rings. The molecule has 2 N–H and O–H groups in total. The van der Waals surface area contributed by atoms with Crippen LogP contribution in [0.1, 0.15) is 30.3 Å². The molecule has 0 spiro atoms. The SMILES string of the molecule is CC(=O)N[C@@H]1CC[C@@H](C(F)(F)F)N(C(=O)c2n[nH]c3ccc([N+](=O)[O-])cc23)C1. The zero-order valence-corrected chi connectivity index (χ0v) is 14.6. The van der Waals surface area contributed by atoms with E-state index in [1.807, 2.05) is 0 Å². The number of aromatic nitrogens is 2. The van der Waals surface area contributed by atoms with E-state index in [9.17, 15) is 32.9 Å². The van der Waals surface area contributed by atoms with Gasteiger partial charge in [0.15, 0.2) is 5.69 Å². The second-order valence-corrected chi connectivity index (χ2v) is 6.55. The van der Waals surface area contributed by atoms with Crippen molar-refractivity contribution >= 4 is 28.4 Å². The number of piperidine rings is 1. The number of carbonyl (C=O) groups excluding carboxylic acids is 2. The van der Waals surface area contributed by atoms with Gasteiger partial charge in [0, 0.05) is 37.0 Å². The van der Waals surface area contributed by atoms with Crippen LogP contribution in [0.15, 0.2) is 18.2 Å². The monoisotopic (exact) mass is 399 g/mol. The number of nitro groups is 1. The first kappa shape index (κ1) is 19.6.